The van der Waals surface area contributed by atoms with E-state index < -0.39 is 5.63 Å². The van der Waals surface area contributed by atoms with Crippen LogP contribution in [0.1, 0.15) is 11.1 Å². The van der Waals surface area contributed by atoms with E-state index in [0.29, 0.717) is 32.9 Å². The van der Waals surface area contributed by atoms with Crippen LogP contribution in [0.5, 0.6) is 0 Å². The van der Waals surface area contributed by atoms with E-state index in [1.54, 1.807) is 28.9 Å². The zero-order chi connectivity index (χ0) is 20.8. The summed E-state index contributed by atoms with van der Waals surface area (Å²) < 4.78 is 8.33. The largest absolute Gasteiger partial charge is 0.423 e. The topological polar surface area (TPSA) is 82.9 Å². The van der Waals surface area contributed by atoms with Crippen LogP contribution < -0.4 is 11.2 Å². The Morgan fingerprint density at radius 2 is 1.93 bits per heavy atom. The summed E-state index contributed by atoms with van der Waals surface area (Å²) in [4.78, 5) is 29.5. The van der Waals surface area contributed by atoms with Crippen LogP contribution in [0.4, 0.5) is 0 Å². The molecule has 5 aromatic rings. The first-order valence-electron chi connectivity index (χ1n) is 9.22. The van der Waals surface area contributed by atoms with Gasteiger partial charge >= 0.3 is 5.63 Å². The van der Waals surface area contributed by atoms with Crippen molar-refractivity contribution in [3.63, 3.8) is 0 Å². The minimum absolute atomic E-state index is 0.190. The average molecular weight is 419 g/mol. The lowest BCUT2D eigenvalue weighted by atomic mass is 10.1. The van der Waals surface area contributed by atoms with Gasteiger partial charge in [0, 0.05) is 16.5 Å². The predicted molar refractivity (Wildman–Crippen MR) is 114 cm³/mol. The van der Waals surface area contributed by atoms with Crippen LogP contribution in [0, 0.1) is 6.92 Å². The molecule has 0 amide bonds. The fourth-order valence-corrected chi connectivity index (χ4v) is 3.69. The average Bonchev–Trinajstić information content (AvgIpc) is 3.14. The molecule has 0 aliphatic carbocycles. The molecule has 0 aliphatic heterocycles. The third-order valence-electron chi connectivity index (χ3n) is 4.93. The van der Waals surface area contributed by atoms with E-state index in [1.165, 1.54) is 23.2 Å². The van der Waals surface area contributed by atoms with Crippen LogP contribution >= 0.6 is 11.6 Å². The SMILES string of the molecule is Cc1ccc2c(Cn3cnc4c(cnn4-c4cccc(Cl)c4)c3=O)cc(=O)oc2c1. The maximum absolute atomic E-state index is 13.1. The van der Waals surface area contributed by atoms with Gasteiger partial charge in [0.15, 0.2) is 5.65 Å². The number of hydrogen-bond donors (Lipinski definition) is 0. The normalized spacial score (nSPS) is 11.4. The molecule has 30 heavy (non-hydrogen) atoms. The molecule has 0 atom stereocenters. The molecule has 148 valence electrons. The number of hydrogen-bond acceptors (Lipinski definition) is 5. The van der Waals surface area contributed by atoms with Crippen molar-refractivity contribution in [2.45, 2.75) is 13.5 Å². The van der Waals surface area contributed by atoms with Crippen molar-refractivity contribution >= 4 is 33.6 Å². The first kappa shape index (κ1) is 18.3. The summed E-state index contributed by atoms with van der Waals surface area (Å²) in [6.45, 7) is 2.11. The Hall–Kier alpha value is -3.71. The van der Waals surface area contributed by atoms with Crippen LogP contribution in [0.2, 0.25) is 5.02 Å². The number of aromatic nitrogens is 4. The number of halogens is 1. The van der Waals surface area contributed by atoms with Crippen LogP contribution in [-0.2, 0) is 6.54 Å². The molecular weight excluding hydrogens is 404 g/mol. The lowest BCUT2D eigenvalue weighted by Crippen LogP contribution is -2.21. The second-order valence-corrected chi connectivity index (χ2v) is 7.48. The smallest absolute Gasteiger partial charge is 0.336 e. The fraction of sp³-hybridized carbons (Fsp3) is 0.0909. The Labute approximate surface area is 174 Å². The number of fused-ring (bicyclic) bond motifs is 2. The minimum Gasteiger partial charge on any atom is -0.423 e. The first-order chi connectivity index (χ1) is 14.5. The summed E-state index contributed by atoms with van der Waals surface area (Å²) in [6.07, 6.45) is 2.95. The van der Waals surface area contributed by atoms with E-state index in [0.717, 1.165) is 10.9 Å². The van der Waals surface area contributed by atoms with E-state index in [4.69, 9.17) is 16.0 Å². The molecule has 7 nitrogen and oxygen atoms in total. The quantitative estimate of drug-likeness (QED) is 0.417. The molecule has 0 N–H and O–H groups in total. The number of rotatable bonds is 3. The van der Waals surface area contributed by atoms with E-state index in [9.17, 15) is 9.59 Å². The summed E-state index contributed by atoms with van der Waals surface area (Å²) in [5.41, 5.74) is 2.60. The number of benzene rings is 2. The molecule has 0 unspecified atom stereocenters. The van der Waals surface area contributed by atoms with E-state index in [-0.39, 0.29) is 12.1 Å². The van der Waals surface area contributed by atoms with Gasteiger partial charge in [0.1, 0.15) is 17.3 Å². The van der Waals surface area contributed by atoms with E-state index >= 15 is 0 Å². The van der Waals surface area contributed by atoms with Crippen LogP contribution in [0.3, 0.4) is 0 Å². The van der Waals surface area contributed by atoms with Gasteiger partial charge in [-0.2, -0.15) is 5.10 Å². The van der Waals surface area contributed by atoms with Crippen molar-refractivity contribution in [3.8, 4) is 5.69 Å². The molecular formula is C22H15ClN4O3. The molecule has 0 aliphatic rings. The monoisotopic (exact) mass is 418 g/mol. The van der Waals surface area contributed by atoms with Crippen molar-refractivity contribution in [2.24, 2.45) is 0 Å². The van der Waals surface area contributed by atoms with Gasteiger partial charge in [-0.1, -0.05) is 29.8 Å². The Bertz CT molecular complexity index is 1550. The molecule has 2 aromatic carbocycles. The molecule has 0 fully saturated rings. The highest BCUT2D eigenvalue weighted by atomic mass is 35.5. The maximum Gasteiger partial charge on any atom is 0.336 e. The first-order valence-corrected chi connectivity index (χ1v) is 9.60. The molecule has 0 radical (unpaired) electrons. The number of aryl methyl sites for hydroxylation is 1. The van der Waals surface area contributed by atoms with Gasteiger partial charge in [-0.25, -0.2) is 14.5 Å². The lowest BCUT2D eigenvalue weighted by Gasteiger charge is -2.09. The van der Waals surface area contributed by atoms with Crippen LogP contribution in [-0.4, -0.2) is 19.3 Å². The van der Waals surface area contributed by atoms with Gasteiger partial charge in [-0.15, -0.1) is 0 Å². The molecule has 8 heteroatoms. The highest BCUT2D eigenvalue weighted by molar-refractivity contribution is 6.30. The molecule has 5 rings (SSSR count). The molecule has 3 heterocycles. The molecule has 3 aromatic heterocycles. The molecule has 0 bridgehead atoms. The third-order valence-corrected chi connectivity index (χ3v) is 5.17. The van der Waals surface area contributed by atoms with Gasteiger partial charge in [-0.05, 0) is 42.3 Å². The number of nitrogens with zero attached hydrogens (tertiary/aromatic N) is 4. The third kappa shape index (κ3) is 3.09. The van der Waals surface area contributed by atoms with Gasteiger partial charge < -0.3 is 4.42 Å². The van der Waals surface area contributed by atoms with Crippen molar-refractivity contribution in [1.29, 1.82) is 0 Å². The Balaban J connectivity index is 1.62. The van der Waals surface area contributed by atoms with Gasteiger partial charge in [0.25, 0.3) is 5.56 Å². The van der Waals surface area contributed by atoms with Crippen LogP contribution in [0.25, 0.3) is 27.7 Å². The summed E-state index contributed by atoms with van der Waals surface area (Å²) in [5, 5.41) is 6.03. The molecule has 0 saturated carbocycles. The standard InChI is InChI=1S/C22H15ClN4O3/c1-13-5-6-17-14(8-20(28)30-19(17)7-13)11-26-12-24-21-18(22(26)29)10-25-27(21)16-4-2-3-15(23)9-16/h2-10,12H,11H2,1H3. The maximum atomic E-state index is 13.1. The highest BCUT2D eigenvalue weighted by Gasteiger charge is 2.13. The van der Waals surface area contributed by atoms with Gasteiger partial charge in [0.05, 0.1) is 18.4 Å². The van der Waals surface area contributed by atoms with E-state index in [2.05, 4.69) is 10.1 Å². The van der Waals surface area contributed by atoms with E-state index in [1.807, 2.05) is 25.1 Å². The highest BCUT2D eigenvalue weighted by Crippen LogP contribution is 2.20. The summed E-state index contributed by atoms with van der Waals surface area (Å²) in [7, 11) is 0. The van der Waals surface area contributed by atoms with Gasteiger partial charge in [0.2, 0.25) is 0 Å². The lowest BCUT2D eigenvalue weighted by molar-refractivity contribution is 0.557. The summed E-state index contributed by atoms with van der Waals surface area (Å²) in [5.74, 6) is 0. The second-order valence-electron chi connectivity index (χ2n) is 7.04. The van der Waals surface area contributed by atoms with Crippen molar-refractivity contribution in [2.75, 3.05) is 0 Å². The zero-order valence-electron chi connectivity index (χ0n) is 15.9. The Morgan fingerprint density at radius 3 is 2.77 bits per heavy atom. The second kappa shape index (κ2) is 6.96. The Morgan fingerprint density at radius 1 is 1.07 bits per heavy atom. The molecule has 0 saturated heterocycles. The predicted octanol–water partition coefficient (Wildman–Crippen LogP) is 3.70. The minimum atomic E-state index is -0.459. The Kier molecular flexibility index (Phi) is 4.25. The molecule has 0 spiro atoms. The summed E-state index contributed by atoms with van der Waals surface area (Å²) in [6, 6.07) is 14.2. The zero-order valence-corrected chi connectivity index (χ0v) is 16.6. The fourth-order valence-electron chi connectivity index (χ4n) is 3.51. The van der Waals surface area contributed by atoms with Crippen LogP contribution in [0.15, 0.2) is 75.1 Å². The van der Waals surface area contributed by atoms with Crippen molar-refractivity contribution < 1.29 is 4.42 Å². The summed E-state index contributed by atoms with van der Waals surface area (Å²) >= 11 is 6.07. The van der Waals surface area contributed by atoms with Crippen molar-refractivity contribution in [3.05, 3.63) is 98.0 Å². The van der Waals surface area contributed by atoms with Crippen molar-refractivity contribution in [1.82, 2.24) is 19.3 Å². The van der Waals surface area contributed by atoms with Gasteiger partial charge in [-0.3, -0.25) is 9.36 Å².